The van der Waals surface area contributed by atoms with E-state index in [1.807, 2.05) is 0 Å². The number of amides is 1. The maximum Gasteiger partial charge on any atom is 0.338 e. The number of aromatic nitrogens is 2. The largest absolute Gasteiger partial charge is 0.478 e. The zero-order chi connectivity index (χ0) is 16.4. The first-order valence-electron chi connectivity index (χ1n) is 6.64. The van der Waals surface area contributed by atoms with E-state index < -0.39 is 17.6 Å². The van der Waals surface area contributed by atoms with Gasteiger partial charge in [-0.1, -0.05) is 12.1 Å². The molecule has 2 heterocycles. The zero-order valence-electron chi connectivity index (χ0n) is 11.7. The molecule has 116 valence electrons. The van der Waals surface area contributed by atoms with Crippen molar-refractivity contribution < 1.29 is 14.7 Å². The SMILES string of the molecule is O=C(O)c1ccc(CNC(=O)n2sc3ncccc3c2=O)cc1. The Balaban J connectivity index is 1.74. The van der Waals surface area contributed by atoms with Crippen LogP contribution in [0.2, 0.25) is 0 Å². The average molecular weight is 329 g/mol. The molecule has 0 atom stereocenters. The summed E-state index contributed by atoms with van der Waals surface area (Å²) < 4.78 is 1.02. The van der Waals surface area contributed by atoms with E-state index in [1.165, 1.54) is 12.1 Å². The molecule has 2 aromatic heterocycles. The Kier molecular flexibility index (Phi) is 3.90. The van der Waals surface area contributed by atoms with Crippen LogP contribution in [0.1, 0.15) is 15.9 Å². The molecule has 0 saturated heterocycles. The molecule has 0 aliphatic heterocycles. The van der Waals surface area contributed by atoms with Gasteiger partial charge in [0.1, 0.15) is 4.83 Å². The van der Waals surface area contributed by atoms with Gasteiger partial charge in [0.05, 0.1) is 10.9 Å². The lowest BCUT2D eigenvalue weighted by Crippen LogP contribution is -2.32. The van der Waals surface area contributed by atoms with Gasteiger partial charge < -0.3 is 10.4 Å². The van der Waals surface area contributed by atoms with E-state index in [0.29, 0.717) is 10.2 Å². The van der Waals surface area contributed by atoms with Gasteiger partial charge in [0, 0.05) is 12.7 Å². The highest BCUT2D eigenvalue weighted by Gasteiger charge is 2.14. The summed E-state index contributed by atoms with van der Waals surface area (Å²) in [6, 6.07) is 8.86. The van der Waals surface area contributed by atoms with Gasteiger partial charge in [0.2, 0.25) is 0 Å². The van der Waals surface area contributed by atoms with Crippen molar-refractivity contribution in [3.05, 3.63) is 64.1 Å². The molecule has 8 heteroatoms. The van der Waals surface area contributed by atoms with E-state index in [4.69, 9.17) is 5.11 Å². The van der Waals surface area contributed by atoms with Crippen LogP contribution in [0.25, 0.3) is 10.2 Å². The summed E-state index contributed by atoms with van der Waals surface area (Å²) in [5, 5.41) is 11.9. The molecule has 2 N–H and O–H groups in total. The molecule has 23 heavy (non-hydrogen) atoms. The maximum absolute atomic E-state index is 12.1. The van der Waals surface area contributed by atoms with E-state index in [0.717, 1.165) is 21.1 Å². The third-order valence-electron chi connectivity index (χ3n) is 3.19. The van der Waals surface area contributed by atoms with E-state index in [2.05, 4.69) is 10.3 Å². The molecular weight excluding hydrogens is 318 g/mol. The first-order chi connectivity index (χ1) is 11.1. The summed E-state index contributed by atoms with van der Waals surface area (Å²) in [5.41, 5.74) is 0.499. The molecular formula is C15H11N3O4S. The quantitative estimate of drug-likeness (QED) is 0.764. The molecule has 1 amide bonds. The molecule has 3 aromatic rings. The van der Waals surface area contributed by atoms with Crippen molar-refractivity contribution >= 4 is 33.7 Å². The fourth-order valence-electron chi connectivity index (χ4n) is 2.01. The summed E-state index contributed by atoms with van der Waals surface area (Å²) >= 11 is 0.977. The highest BCUT2D eigenvalue weighted by atomic mass is 32.1. The number of carboxylic acid groups (broad SMARTS) is 1. The third kappa shape index (κ3) is 2.97. The summed E-state index contributed by atoms with van der Waals surface area (Å²) in [6.45, 7) is 0.187. The van der Waals surface area contributed by atoms with E-state index in [-0.39, 0.29) is 12.1 Å². The minimum Gasteiger partial charge on any atom is -0.478 e. The summed E-state index contributed by atoms with van der Waals surface area (Å²) in [4.78, 5) is 39.6. The predicted octanol–water partition coefficient (Wildman–Crippen LogP) is 1.91. The second-order valence-corrected chi connectivity index (χ2v) is 5.64. The minimum absolute atomic E-state index is 0.173. The first-order valence-corrected chi connectivity index (χ1v) is 7.41. The Morgan fingerprint density at radius 1 is 1.22 bits per heavy atom. The molecule has 0 radical (unpaired) electrons. The summed E-state index contributed by atoms with van der Waals surface area (Å²) in [5.74, 6) is -1.01. The standard InChI is InChI=1S/C15H11N3O4S/c19-13-11-2-1-7-16-12(11)23-18(13)15(22)17-8-9-3-5-10(6-4-9)14(20)21/h1-7H,8H2,(H,17,22)(H,20,21). The van der Waals surface area contributed by atoms with E-state index >= 15 is 0 Å². The van der Waals surface area contributed by atoms with Crippen LogP contribution in [0.4, 0.5) is 4.79 Å². The number of hydrogen-bond donors (Lipinski definition) is 2. The van der Waals surface area contributed by atoms with Crippen molar-refractivity contribution in [1.82, 2.24) is 14.3 Å². The van der Waals surface area contributed by atoms with Gasteiger partial charge in [-0.05, 0) is 41.4 Å². The van der Waals surface area contributed by atoms with Gasteiger partial charge in [-0.3, -0.25) is 4.79 Å². The Hall–Kier alpha value is -3.00. The molecule has 0 spiro atoms. The van der Waals surface area contributed by atoms with Crippen LogP contribution in [-0.2, 0) is 6.54 Å². The number of rotatable bonds is 3. The number of nitrogens with zero attached hydrogens (tertiary/aromatic N) is 2. The van der Waals surface area contributed by atoms with Crippen LogP contribution in [0.15, 0.2) is 47.4 Å². The van der Waals surface area contributed by atoms with E-state index in [1.54, 1.807) is 30.5 Å². The van der Waals surface area contributed by atoms with Gasteiger partial charge in [-0.15, -0.1) is 0 Å². The number of nitrogens with one attached hydrogen (secondary N) is 1. The van der Waals surface area contributed by atoms with Gasteiger partial charge in [-0.25, -0.2) is 14.6 Å². The molecule has 0 aliphatic carbocycles. The highest BCUT2D eigenvalue weighted by molar-refractivity contribution is 7.14. The van der Waals surface area contributed by atoms with Crippen molar-refractivity contribution in [2.24, 2.45) is 0 Å². The van der Waals surface area contributed by atoms with Crippen LogP contribution in [0, 0.1) is 0 Å². The maximum atomic E-state index is 12.1. The number of carboxylic acids is 1. The topological polar surface area (TPSA) is 101 Å². The lowest BCUT2D eigenvalue weighted by molar-refractivity contribution is 0.0697. The van der Waals surface area contributed by atoms with Gasteiger partial charge in [-0.2, -0.15) is 3.96 Å². The number of carbonyl (C=O) groups excluding carboxylic acids is 1. The fourth-order valence-corrected chi connectivity index (χ4v) is 2.88. The second-order valence-electron chi connectivity index (χ2n) is 4.71. The lowest BCUT2D eigenvalue weighted by atomic mass is 10.1. The molecule has 1 aromatic carbocycles. The second kappa shape index (κ2) is 6.01. The Labute approximate surface area is 134 Å². The zero-order valence-corrected chi connectivity index (χ0v) is 12.5. The lowest BCUT2D eigenvalue weighted by Gasteiger charge is -2.04. The van der Waals surface area contributed by atoms with Crippen molar-refractivity contribution in [1.29, 1.82) is 0 Å². The first kappa shape index (κ1) is 14.9. The Morgan fingerprint density at radius 2 is 1.96 bits per heavy atom. The van der Waals surface area contributed by atoms with Crippen molar-refractivity contribution in [2.45, 2.75) is 6.54 Å². The van der Waals surface area contributed by atoms with Crippen molar-refractivity contribution in [2.75, 3.05) is 0 Å². The molecule has 0 saturated carbocycles. The molecule has 3 rings (SSSR count). The Bertz CT molecular complexity index is 943. The van der Waals surface area contributed by atoms with Crippen LogP contribution >= 0.6 is 11.5 Å². The minimum atomic E-state index is -1.01. The fraction of sp³-hybridized carbons (Fsp3) is 0.0667. The number of fused-ring (bicyclic) bond motifs is 1. The number of pyridine rings is 1. The summed E-state index contributed by atoms with van der Waals surface area (Å²) in [7, 11) is 0. The van der Waals surface area contributed by atoms with Crippen molar-refractivity contribution in [3.63, 3.8) is 0 Å². The monoisotopic (exact) mass is 329 g/mol. The van der Waals surface area contributed by atoms with Crippen LogP contribution < -0.4 is 10.9 Å². The smallest absolute Gasteiger partial charge is 0.338 e. The van der Waals surface area contributed by atoms with Crippen LogP contribution in [0.3, 0.4) is 0 Å². The molecule has 0 unspecified atom stereocenters. The normalized spacial score (nSPS) is 10.6. The number of hydrogen-bond acceptors (Lipinski definition) is 5. The van der Waals surface area contributed by atoms with Gasteiger partial charge >= 0.3 is 12.0 Å². The number of aromatic carboxylic acids is 1. The van der Waals surface area contributed by atoms with Crippen LogP contribution in [0.5, 0.6) is 0 Å². The predicted molar refractivity (Wildman–Crippen MR) is 84.9 cm³/mol. The van der Waals surface area contributed by atoms with Crippen LogP contribution in [-0.4, -0.2) is 26.0 Å². The van der Waals surface area contributed by atoms with E-state index in [9.17, 15) is 14.4 Å². The number of carbonyl (C=O) groups is 2. The molecule has 0 bridgehead atoms. The molecule has 0 aliphatic rings. The Morgan fingerprint density at radius 3 is 2.61 bits per heavy atom. The highest BCUT2D eigenvalue weighted by Crippen LogP contribution is 2.12. The van der Waals surface area contributed by atoms with Crippen molar-refractivity contribution in [3.8, 4) is 0 Å². The van der Waals surface area contributed by atoms with Gasteiger partial charge in [0.25, 0.3) is 5.56 Å². The average Bonchev–Trinajstić information content (AvgIpc) is 2.90. The third-order valence-corrected chi connectivity index (χ3v) is 4.21. The number of benzene rings is 1. The molecule has 7 nitrogen and oxygen atoms in total. The van der Waals surface area contributed by atoms with Gasteiger partial charge in [0.15, 0.2) is 0 Å². The molecule has 0 fully saturated rings. The summed E-state index contributed by atoms with van der Waals surface area (Å²) in [6.07, 6.45) is 1.56.